The van der Waals surface area contributed by atoms with Gasteiger partial charge < -0.3 is 15.2 Å². The summed E-state index contributed by atoms with van der Waals surface area (Å²) < 4.78 is 30.7. The zero-order valence-corrected chi connectivity index (χ0v) is 19.8. The van der Waals surface area contributed by atoms with Crippen LogP contribution in [0.4, 0.5) is 5.82 Å². The van der Waals surface area contributed by atoms with Crippen molar-refractivity contribution in [2.24, 2.45) is 5.92 Å². The summed E-state index contributed by atoms with van der Waals surface area (Å²) in [5.74, 6) is 1.20. The van der Waals surface area contributed by atoms with E-state index in [1.165, 1.54) is 36.7 Å². The van der Waals surface area contributed by atoms with Gasteiger partial charge in [-0.3, -0.25) is 4.72 Å². The zero-order valence-electron chi connectivity index (χ0n) is 19.0. The average Bonchev–Trinajstić information content (AvgIpc) is 3.23. The van der Waals surface area contributed by atoms with E-state index in [4.69, 9.17) is 5.73 Å². The number of nitrogen functional groups attached to an aromatic ring is 1. The molecule has 0 bridgehead atoms. The van der Waals surface area contributed by atoms with Gasteiger partial charge in [0.15, 0.2) is 0 Å². The average molecular weight is 480 g/mol. The smallest absolute Gasteiger partial charge is 0.302 e. The number of nitrogens with zero attached hydrogens (tertiary/aromatic N) is 5. The van der Waals surface area contributed by atoms with Crippen LogP contribution in [0.2, 0.25) is 0 Å². The highest BCUT2D eigenvalue weighted by Crippen LogP contribution is 2.43. The quantitative estimate of drug-likeness (QED) is 0.562. The van der Waals surface area contributed by atoms with Gasteiger partial charge in [0.05, 0.1) is 11.9 Å². The number of nitrogens with one attached hydrogen (secondary N) is 1. The van der Waals surface area contributed by atoms with Gasteiger partial charge in [0.25, 0.3) is 0 Å². The minimum atomic E-state index is -3.53. The van der Waals surface area contributed by atoms with E-state index in [0.717, 1.165) is 46.5 Å². The summed E-state index contributed by atoms with van der Waals surface area (Å²) in [6.45, 7) is 7.96. The Morgan fingerprint density at radius 1 is 1.21 bits per heavy atom. The largest absolute Gasteiger partial charge is 0.383 e. The van der Waals surface area contributed by atoms with E-state index in [-0.39, 0.29) is 13.1 Å². The first-order valence-electron chi connectivity index (χ1n) is 11.8. The summed E-state index contributed by atoms with van der Waals surface area (Å²) in [5.41, 5.74) is 10.5. The van der Waals surface area contributed by atoms with E-state index in [2.05, 4.69) is 36.9 Å². The Kier molecular flexibility index (Phi) is 5.12. The first kappa shape index (κ1) is 21.6. The van der Waals surface area contributed by atoms with Crippen LogP contribution in [0.15, 0.2) is 49.1 Å². The predicted octanol–water partition coefficient (Wildman–Crippen LogP) is 2.50. The van der Waals surface area contributed by atoms with Crippen LogP contribution < -0.4 is 10.5 Å². The number of anilines is 1. The third kappa shape index (κ3) is 3.75. The molecule has 0 atom stereocenters. The lowest BCUT2D eigenvalue weighted by Gasteiger charge is -2.42. The molecule has 3 fully saturated rings. The van der Waals surface area contributed by atoms with Gasteiger partial charge in [-0.2, -0.15) is 12.7 Å². The second-order valence-corrected chi connectivity index (χ2v) is 11.4. The number of likely N-dealkylation sites (tertiary alicyclic amines) is 1. The van der Waals surface area contributed by atoms with Crippen LogP contribution in [-0.4, -0.2) is 58.3 Å². The van der Waals surface area contributed by atoms with E-state index in [9.17, 15) is 8.42 Å². The molecule has 2 saturated heterocycles. The van der Waals surface area contributed by atoms with E-state index in [0.29, 0.717) is 17.6 Å². The van der Waals surface area contributed by atoms with E-state index in [1.54, 1.807) is 0 Å². The minimum absolute atomic E-state index is 0.271. The molecule has 34 heavy (non-hydrogen) atoms. The summed E-state index contributed by atoms with van der Waals surface area (Å²) in [6.07, 6.45) is 7.30. The highest BCUT2D eigenvalue weighted by Gasteiger charge is 2.34. The number of hydrogen-bond donors (Lipinski definition) is 2. The van der Waals surface area contributed by atoms with Gasteiger partial charge >= 0.3 is 10.2 Å². The van der Waals surface area contributed by atoms with Crippen LogP contribution in [0.5, 0.6) is 0 Å². The fourth-order valence-electron chi connectivity index (χ4n) is 5.37. The van der Waals surface area contributed by atoms with Gasteiger partial charge in [-0.05, 0) is 55.5 Å². The molecule has 3 aromatic rings. The standard InChI is InChI=1S/C24H29N7O2S/c1-16-11-30(34(32,33)28-16)13-17-4-2-5-19(8-17)21-14-31(24-22(21)23(25)26-15-27-24)20-9-18(10-20)12-29-6-3-7-29/h2,4-5,8,14-15,18,20,28H,1,3,6-7,9-13H2,(H2,25,26,27). The van der Waals surface area contributed by atoms with Gasteiger partial charge in [-0.1, -0.05) is 24.8 Å². The fraction of sp³-hybridized carbons (Fsp3) is 0.417. The Hall–Kier alpha value is -2.95. The topological polar surface area (TPSA) is 109 Å². The summed E-state index contributed by atoms with van der Waals surface area (Å²) in [4.78, 5) is 11.4. The maximum absolute atomic E-state index is 12.3. The van der Waals surface area contributed by atoms with Crippen LogP contribution >= 0.6 is 0 Å². The molecule has 1 aliphatic carbocycles. The number of benzene rings is 1. The molecule has 0 spiro atoms. The molecule has 6 rings (SSSR count). The third-order valence-corrected chi connectivity index (χ3v) is 8.77. The lowest BCUT2D eigenvalue weighted by atomic mass is 9.79. The van der Waals surface area contributed by atoms with Crippen LogP contribution in [0.1, 0.15) is 30.9 Å². The number of hydrogen-bond acceptors (Lipinski definition) is 6. The van der Waals surface area contributed by atoms with Gasteiger partial charge in [-0.25, -0.2) is 9.97 Å². The molecule has 0 amide bonds. The van der Waals surface area contributed by atoms with Gasteiger partial charge in [-0.15, -0.1) is 0 Å². The third-order valence-electron chi connectivity index (χ3n) is 7.29. The van der Waals surface area contributed by atoms with Crippen molar-refractivity contribution in [1.82, 2.24) is 28.5 Å². The molecule has 4 heterocycles. The number of nitrogens with two attached hydrogens (primary N) is 1. The van der Waals surface area contributed by atoms with Crippen molar-refractivity contribution in [2.45, 2.75) is 31.8 Å². The van der Waals surface area contributed by atoms with Crippen LogP contribution in [0.3, 0.4) is 0 Å². The van der Waals surface area contributed by atoms with E-state index >= 15 is 0 Å². The molecule has 178 valence electrons. The zero-order chi connectivity index (χ0) is 23.4. The Bertz CT molecular complexity index is 1370. The first-order chi connectivity index (χ1) is 16.4. The number of rotatable bonds is 6. The van der Waals surface area contributed by atoms with Crippen LogP contribution in [0.25, 0.3) is 22.2 Å². The second-order valence-electron chi connectivity index (χ2n) is 9.73. The van der Waals surface area contributed by atoms with Crippen molar-refractivity contribution in [3.8, 4) is 11.1 Å². The summed E-state index contributed by atoms with van der Waals surface area (Å²) in [7, 11) is -3.53. The molecular weight excluding hydrogens is 450 g/mol. The molecule has 10 heteroatoms. The van der Waals surface area contributed by atoms with Gasteiger partial charge in [0, 0.05) is 36.6 Å². The van der Waals surface area contributed by atoms with E-state index < -0.39 is 10.2 Å². The molecule has 9 nitrogen and oxygen atoms in total. The molecule has 2 aliphatic heterocycles. The Morgan fingerprint density at radius 2 is 2.03 bits per heavy atom. The summed E-state index contributed by atoms with van der Waals surface area (Å²) in [6, 6.07) is 8.34. The SMILES string of the molecule is C=C1CN(Cc2cccc(-c3cn(C4CC(CN5CCC5)C4)c4ncnc(N)c34)c2)S(=O)(=O)N1. The summed E-state index contributed by atoms with van der Waals surface area (Å²) >= 11 is 0. The Balaban J connectivity index is 1.30. The molecule has 0 unspecified atom stereocenters. The Morgan fingerprint density at radius 3 is 2.74 bits per heavy atom. The monoisotopic (exact) mass is 479 g/mol. The lowest BCUT2D eigenvalue weighted by Crippen LogP contribution is -2.43. The first-order valence-corrected chi connectivity index (χ1v) is 13.2. The van der Waals surface area contributed by atoms with Crippen molar-refractivity contribution >= 4 is 27.1 Å². The van der Waals surface area contributed by atoms with Crippen LogP contribution in [-0.2, 0) is 16.8 Å². The minimum Gasteiger partial charge on any atom is -0.383 e. The van der Waals surface area contributed by atoms with Crippen molar-refractivity contribution in [3.63, 3.8) is 0 Å². The fourth-order valence-corrected chi connectivity index (χ4v) is 6.57. The highest BCUT2D eigenvalue weighted by molar-refractivity contribution is 7.87. The molecule has 2 aromatic heterocycles. The van der Waals surface area contributed by atoms with Crippen molar-refractivity contribution < 1.29 is 8.42 Å². The molecule has 3 aliphatic rings. The Labute approximate surface area is 199 Å². The van der Waals surface area contributed by atoms with Gasteiger partial charge in [0.2, 0.25) is 0 Å². The number of fused-ring (bicyclic) bond motifs is 1. The maximum Gasteiger partial charge on any atom is 0.302 e. The normalized spacial score (nSPS) is 24.6. The molecular formula is C24H29N7O2S. The van der Waals surface area contributed by atoms with Crippen LogP contribution in [0, 0.1) is 5.92 Å². The van der Waals surface area contributed by atoms with Crippen molar-refractivity contribution in [1.29, 1.82) is 0 Å². The second kappa shape index (κ2) is 8.07. The van der Waals surface area contributed by atoms with Crippen molar-refractivity contribution in [2.75, 3.05) is 31.9 Å². The lowest BCUT2D eigenvalue weighted by molar-refractivity contribution is 0.0921. The van der Waals surface area contributed by atoms with Crippen molar-refractivity contribution in [3.05, 3.63) is 54.6 Å². The number of aromatic nitrogens is 3. The predicted molar refractivity (Wildman–Crippen MR) is 132 cm³/mol. The maximum atomic E-state index is 12.3. The highest BCUT2D eigenvalue weighted by atomic mass is 32.2. The molecule has 1 aromatic carbocycles. The van der Waals surface area contributed by atoms with Gasteiger partial charge in [0.1, 0.15) is 17.8 Å². The molecule has 0 radical (unpaired) electrons. The summed E-state index contributed by atoms with van der Waals surface area (Å²) in [5, 5.41) is 0.856. The van der Waals surface area contributed by atoms with E-state index in [1.807, 2.05) is 24.3 Å². The molecule has 3 N–H and O–H groups in total. The molecule has 1 saturated carbocycles.